The minimum Gasteiger partial charge on any atom is -0.465 e. The van der Waals surface area contributed by atoms with Crippen LogP contribution < -0.4 is 0 Å². The van der Waals surface area contributed by atoms with Crippen molar-refractivity contribution in [1.29, 1.82) is 5.26 Å². The van der Waals surface area contributed by atoms with E-state index in [1.54, 1.807) is 12.1 Å². The van der Waals surface area contributed by atoms with Gasteiger partial charge in [0.1, 0.15) is 0 Å². The summed E-state index contributed by atoms with van der Waals surface area (Å²) in [5.41, 5.74) is 1.76. The quantitative estimate of drug-likeness (QED) is 0.740. The molecule has 1 aromatic rings. The van der Waals surface area contributed by atoms with E-state index in [4.69, 9.17) is 10.00 Å². The maximum absolute atomic E-state index is 11.4. The first-order valence-electron chi connectivity index (χ1n) is 5.84. The summed E-state index contributed by atoms with van der Waals surface area (Å²) in [6, 6.07) is 9.46. The number of nitriles is 1. The lowest BCUT2D eigenvalue weighted by Gasteiger charge is -2.06. The molecule has 0 amide bonds. The highest BCUT2D eigenvalue weighted by Gasteiger charge is 2.04. The minimum atomic E-state index is -0.164. The van der Waals surface area contributed by atoms with E-state index in [9.17, 15) is 4.79 Å². The van der Waals surface area contributed by atoms with E-state index < -0.39 is 0 Å². The molecule has 0 radical (unpaired) electrons. The normalized spacial score (nSPS) is 10.1. The van der Waals surface area contributed by atoms with Gasteiger partial charge in [0.25, 0.3) is 0 Å². The molecule has 0 N–H and O–H groups in total. The molecule has 3 nitrogen and oxygen atoms in total. The number of hydrogen-bond donors (Lipinski definition) is 0. The fourth-order valence-corrected chi connectivity index (χ4v) is 2.01. The Balaban J connectivity index is 2.24. The van der Waals surface area contributed by atoms with Crippen LogP contribution in [0.2, 0.25) is 0 Å². The van der Waals surface area contributed by atoms with E-state index in [0.717, 1.165) is 11.3 Å². The van der Waals surface area contributed by atoms with Crippen LogP contribution in [-0.4, -0.2) is 18.3 Å². The van der Waals surface area contributed by atoms with Crippen LogP contribution in [0.25, 0.3) is 0 Å². The van der Waals surface area contributed by atoms with Gasteiger partial charge in [-0.2, -0.15) is 5.26 Å². The number of benzene rings is 1. The molecular weight excluding hydrogens is 246 g/mol. The molecule has 0 saturated heterocycles. The Morgan fingerprint density at radius 1 is 1.39 bits per heavy atom. The number of esters is 1. The second kappa shape index (κ2) is 7.78. The Morgan fingerprint density at radius 3 is 2.61 bits per heavy atom. The predicted octanol–water partition coefficient (Wildman–Crippen LogP) is 2.99. The van der Waals surface area contributed by atoms with Gasteiger partial charge in [0.2, 0.25) is 0 Å². The van der Waals surface area contributed by atoms with Crippen LogP contribution >= 0.6 is 11.8 Å². The number of nitrogens with zero attached hydrogens (tertiary/aromatic N) is 1. The maximum atomic E-state index is 11.4. The zero-order valence-electron chi connectivity index (χ0n) is 10.7. The summed E-state index contributed by atoms with van der Waals surface area (Å²) in [6.45, 7) is 4.50. The molecule has 0 saturated carbocycles. The Labute approximate surface area is 112 Å². The lowest BCUT2D eigenvalue weighted by Crippen LogP contribution is -2.11. The monoisotopic (exact) mass is 263 g/mol. The average molecular weight is 263 g/mol. The van der Waals surface area contributed by atoms with E-state index in [1.165, 1.54) is 11.8 Å². The molecule has 1 rings (SSSR count). The van der Waals surface area contributed by atoms with Crippen molar-refractivity contribution in [3.8, 4) is 6.07 Å². The van der Waals surface area contributed by atoms with Crippen molar-refractivity contribution in [1.82, 2.24) is 0 Å². The highest BCUT2D eigenvalue weighted by atomic mass is 32.2. The Kier molecular flexibility index (Phi) is 6.31. The molecule has 0 aliphatic heterocycles. The number of carbonyl (C=O) groups is 1. The SMILES string of the molecule is CC(C)COC(=O)CSCc1ccc(C#N)cc1. The third-order valence-electron chi connectivity index (χ3n) is 2.15. The Morgan fingerprint density at radius 2 is 2.06 bits per heavy atom. The predicted molar refractivity (Wildman–Crippen MR) is 73.1 cm³/mol. The van der Waals surface area contributed by atoms with Gasteiger partial charge in [0, 0.05) is 5.75 Å². The fraction of sp³-hybridized carbons (Fsp3) is 0.429. The molecule has 1 aromatic carbocycles. The second-order valence-corrected chi connectivity index (χ2v) is 5.36. The van der Waals surface area contributed by atoms with E-state index in [0.29, 0.717) is 23.8 Å². The molecule has 0 unspecified atom stereocenters. The summed E-state index contributed by atoms with van der Waals surface area (Å²) < 4.78 is 5.08. The van der Waals surface area contributed by atoms with Gasteiger partial charge in [0.05, 0.1) is 24.0 Å². The van der Waals surface area contributed by atoms with Gasteiger partial charge in [-0.25, -0.2) is 0 Å². The van der Waals surface area contributed by atoms with Crippen molar-refractivity contribution in [3.05, 3.63) is 35.4 Å². The average Bonchev–Trinajstić information content (AvgIpc) is 2.37. The number of ether oxygens (including phenoxy) is 1. The van der Waals surface area contributed by atoms with Crippen molar-refractivity contribution >= 4 is 17.7 Å². The summed E-state index contributed by atoms with van der Waals surface area (Å²) >= 11 is 1.52. The van der Waals surface area contributed by atoms with Crippen LogP contribution in [0.15, 0.2) is 24.3 Å². The van der Waals surface area contributed by atoms with Gasteiger partial charge in [-0.1, -0.05) is 26.0 Å². The molecule has 0 atom stereocenters. The smallest absolute Gasteiger partial charge is 0.315 e. The Hall–Kier alpha value is -1.47. The maximum Gasteiger partial charge on any atom is 0.315 e. The number of hydrogen-bond acceptors (Lipinski definition) is 4. The van der Waals surface area contributed by atoms with Crippen LogP contribution in [0.5, 0.6) is 0 Å². The van der Waals surface area contributed by atoms with E-state index >= 15 is 0 Å². The summed E-state index contributed by atoms with van der Waals surface area (Å²) in [4.78, 5) is 11.4. The standard InChI is InChI=1S/C14H17NO2S/c1-11(2)8-17-14(16)10-18-9-13-5-3-12(7-15)4-6-13/h3-6,11H,8-10H2,1-2H3. The third-order valence-corrected chi connectivity index (χ3v) is 3.13. The van der Waals surface area contributed by atoms with Crippen LogP contribution in [0.4, 0.5) is 0 Å². The molecule has 0 bridgehead atoms. The topological polar surface area (TPSA) is 50.1 Å². The summed E-state index contributed by atoms with van der Waals surface area (Å²) in [5, 5.41) is 8.66. The van der Waals surface area contributed by atoms with Gasteiger partial charge >= 0.3 is 5.97 Å². The molecular formula is C14H17NO2S. The van der Waals surface area contributed by atoms with Crippen molar-refractivity contribution in [2.45, 2.75) is 19.6 Å². The zero-order chi connectivity index (χ0) is 13.4. The number of carbonyl (C=O) groups excluding carboxylic acids is 1. The van der Waals surface area contributed by atoms with E-state index in [1.807, 2.05) is 26.0 Å². The van der Waals surface area contributed by atoms with E-state index in [2.05, 4.69) is 6.07 Å². The van der Waals surface area contributed by atoms with Gasteiger partial charge in [0.15, 0.2) is 0 Å². The molecule has 4 heteroatoms. The summed E-state index contributed by atoms with van der Waals surface area (Å²) in [6.07, 6.45) is 0. The largest absolute Gasteiger partial charge is 0.465 e. The molecule has 0 spiro atoms. The van der Waals surface area contributed by atoms with Gasteiger partial charge in [-0.15, -0.1) is 11.8 Å². The zero-order valence-corrected chi connectivity index (χ0v) is 11.5. The van der Waals surface area contributed by atoms with Crippen molar-refractivity contribution < 1.29 is 9.53 Å². The van der Waals surface area contributed by atoms with Gasteiger partial charge < -0.3 is 4.74 Å². The van der Waals surface area contributed by atoms with Gasteiger partial charge in [-0.3, -0.25) is 4.79 Å². The molecule has 0 heterocycles. The first-order valence-corrected chi connectivity index (χ1v) is 6.99. The highest BCUT2D eigenvalue weighted by Crippen LogP contribution is 2.13. The fourth-order valence-electron chi connectivity index (χ4n) is 1.23. The molecule has 18 heavy (non-hydrogen) atoms. The van der Waals surface area contributed by atoms with Crippen molar-refractivity contribution in [3.63, 3.8) is 0 Å². The third kappa shape index (κ3) is 5.74. The van der Waals surface area contributed by atoms with Crippen LogP contribution in [0.1, 0.15) is 25.0 Å². The van der Waals surface area contributed by atoms with Gasteiger partial charge in [-0.05, 0) is 23.6 Å². The lowest BCUT2D eigenvalue weighted by atomic mass is 10.2. The van der Waals surface area contributed by atoms with Crippen molar-refractivity contribution in [2.75, 3.05) is 12.4 Å². The lowest BCUT2D eigenvalue weighted by molar-refractivity contribution is -0.141. The van der Waals surface area contributed by atoms with Crippen LogP contribution in [0, 0.1) is 17.2 Å². The summed E-state index contributed by atoms with van der Waals surface area (Å²) in [7, 11) is 0. The molecule has 0 fully saturated rings. The molecule has 0 aliphatic carbocycles. The van der Waals surface area contributed by atoms with Crippen LogP contribution in [0.3, 0.4) is 0 Å². The Bertz CT molecular complexity index is 420. The molecule has 96 valence electrons. The number of thioether (sulfide) groups is 1. The molecule has 0 aliphatic rings. The molecule has 0 aromatic heterocycles. The second-order valence-electron chi connectivity index (χ2n) is 4.38. The van der Waals surface area contributed by atoms with Crippen LogP contribution in [-0.2, 0) is 15.3 Å². The number of rotatable bonds is 6. The minimum absolute atomic E-state index is 0.164. The first-order chi connectivity index (χ1) is 8.61. The van der Waals surface area contributed by atoms with E-state index in [-0.39, 0.29) is 5.97 Å². The van der Waals surface area contributed by atoms with Crippen molar-refractivity contribution in [2.24, 2.45) is 5.92 Å². The first kappa shape index (κ1) is 14.6. The highest BCUT2D eigenvalue weighted by molar-refractivity contribution is 7.99. The summed E-state index contributed by atoms with van der Waals surface area (Å²) in [5.74, 6) is 1.33.